The van der Waals surface area contributed by atoms with Gasteiger partial charge in [-0.3, -0.25) is 0 Å². The molecule has 0 aliphatic carbocycles. The Bertz CT molecular complexity index is 382. The Morgan fingerprint density at radius 1 is 1.44 bits per heavy atom. The smallest absolute Gasteiger partial charge is 0.331 e. The van der Waals surface area contributed by atoms with E-state index in [9.17, 15) is 4.79 Å². The van der Waals surface area contributed by atoms with E-state index in [1.807, 2.05) is 24.3 Å². The SMILES string of the molecule is COc1ccc(NC/C=C(/C)C(=O)O)cc1. The van der Waals surface area contributed by atoms with Gasteiger partial charge in [0.05, 0.1) is 7.11 Å². The third-order valence-electron chi connectivity index (χ3n) is 2.14. The number of hydrogen-bond acceptors (Lipinski definition) is 3. The Morgan fingerprint density at radius 2 is 2.06 bits per heavy atom. The standard InChI is InChI=1S/C12H15NO3/c1-9(12(14)15)7-8-13-10-3-5-11(16-2)6-4-10/h3-7,13H,8H2,1-2H3,(H,14,15)/b9-7-. The molecule has 0 aliphatic heterocycles. The topological polar surface area (TPSA) is 58.6 Å². The molecule has 0 saturated heterocycles. The van der Waals surface area contributed by atoms with Gasteiger partial charge in [0.1, 0.15) is 5.75 Å². The molecule has 0 aromatic heterocycles. The lowest BCUT2D eigenvalue weighted by Crippen LogP contribution is -2.02. The summed E-state index contributed by atoms with van der Waals surface area (Å²) in [5.41, 5.74) is 1.26. The number of nitrogens with one attached hydrogen (secondary N) is 1. The lowest BCUT2D eigenvalue weighted by molar-refractivity contribution is -0.132. The van der Waals surface area contributed by atoms with Crippen molar-refractivity contribution >= 4 is 11.7 Å². The summed E-state index contributed by atoms with van der Waals surface area (Å²) < 4.78 is 5.03. The highest BCUT2D eigenvalue weighted by atomic mass is 16.5. The molecule has 86 valence electrons. The lowest BCUT2D eigenvalue weighted by Gasteiger charge is -2.04. The fourth-order valence-corrected chi connectivity index (χ4v) is 1.12. The Hall–Kier alpha value is -1.97. The second-order valence-corrected chi connectivity index (χ2v) is 3.30. The minimum atomic E-state index is -0.892. The highest BCUT2D eigenvalue weighted by Crippen LogP contribution is 2.14. The number of carbonyl (C=O) groups is 1. The second kappa shape index (κ2) is 5.80. The average Bonchev–Trinajstić information content (AvgIpc) is 2.29. The van der Waals surface area contributed by atoms with Gasteiger partial charge >= 0.3 is 5.97 Å². The molecule has 16 heavy (non-hydrogen) atoms. The van der Waals surface area contributed by atoms with E-state index in [0.29, 0.717) is 12.1 Å². The molecule has 0 amide bonds. The van der Waals surface area contributed by atoms with Crippen molar-refractivity contribution in [2.45, 2.75) is 6.92 Å². The summed E-state index contributed by atoms with van der Waals surface area (Å²) in [6.07, 6.45) is 1.63. The van der Waals surface area contributed by atoms with Gasteiger partial charge in [-0.05, 0) is 31.2 Å². The van der Waals surface area contributed by atoms with E-state index >= 15 is 0 Å². The maximum Gasteiger partial charge on any atom is 0.331 e. The maximum atomic E-state index is 10.5. The van der Waals surface area contributed by atoms with Crippen molar-refractivity contribution in [2.24, 2.45) is 0 Å². The molecule has 1 aromatic rings. The molecule has 4 heteroatoms. The van der Waals surface area contributed by atoms with E-state index in [2.05, 4.69) is 5.32 Å². The van der Waals surface area contributed by atoms with Gasteiger partial charge in [-0.25, -0.2) is 4.79 Å². The van der Waals surface area contributed by atoms with Crippen molar-refractivity contribution in [1.82, 2.24) is 0 Å². The van der Waals surface area contributed by atoms with Crippen LogP contribution in [0.1, 0.15) is 6.92 Å². The van der Waals surface area contributed by atoms with Crippen LogP contribution in [-0.4, -0.2) is 24.7 Å². The van der Waals surface area contributed by atoms with Gasteiger partial charge in [-0.15, -0.1) is 0 Å². The van der Waals surface area contributed by atoms with Gasteiger partial charge in [0, 0.05) is 17.8 Å². The quantitative estimate of drug-likeness (QED) is 0.748. The molecular weight excluding hydrogens is 206 g/mol. The summed E-state index contributed by atoms with van der Waals surface area (Å²) in [7, 11) is 1.61. The normalized spacial score (nSPS) is 11.0. The molecule has 2 N–H and O–H groups in total. The van der Waals surface area contributed by atoms with Crippen molar-refractivity contribution in [3.63, 3.8) is 0 Å². The fraction of sp³-hybridized carbons (Fsp3) is 0.250. The number of methoxy groups -OCH3 is 1. The number of ether oxygens (including phenoxy) is 1. The predicted octanol–water partition coefficient (Wildman–Crippen LogP) is 2.14. The third-order valence-corrected chi connectivity index (χ3v) is 2.14. The minimum absolute atomic E-state index is 0.334. The van der Waals surface area contributed by atoms with Crippen molar-refractivity contribution in [2.75, 3.05) is 19.0 Å². The molecule has 0 unspecified atom stereocenters. The summed E-state index contributed by atoms with van der Waals surface area (Å²) in [6, 6.07) is 7.44. The van der Waals surface area contributed by atoms with Crippen LogP contribution in [0.25, 0.3) is 0 Å². The highest BCUT2D eigenvalue weighted by molar-refractivity contribution is 5.85. The Morgan fingerprint density at radius 3 is 2.56 bits per heavy atom. The van der Waals surface area contributed by atoms with E-state index in [0.717, 1.165) is 11.4 Å². The van der Waals surface area contributed by atoms with Crippen LogP contribution >= 0.6 is 0 Å². The molecule has 0 saturated carbocycles. The summed E-state index contributed by atoms with van der Waals surface area (Å²) >= 11 is 0. The Kier molecular flexibility index (Phi) is 4.39. The van der Waals surface area contributed by atoms with Gasteiger partial charge in [0.25, 0.3) is 0 Å². The number of rotatable bonds is 5. The van der Waals surface area contributed by atoms with Crippen LogP contribution in [0.5, 0.6) is 5.75 Å². The number of anilines is 1. The number of aliphatic carboxylic acids is 1. The molecule has 0 spiro atoms. The molecule has 1 rings (SSSR count). The monoisotopic (exact) mass is 221 g/mol. The molecule has 0 bridgehead atoms. The van der Waals surface area contributed by atoms with Gasteiger partial charge in [-0.1, -0.05) is 6.08 Å². The number of carboxylic acid groups (broad SMARTS) is 1. The van der Waals surface area contributed by atoms with Crippen LogP contribution in [0.2, 0.25) is 0 Å². The minimum Gasteiger partial charge on any atom is -0.497 e. The van der Waals surface area contributed by atoms with E-state index in [1.54, 1.807) is 20.1 Å². The summed E-state index contributed by atoms with van der Waals surface area (Å²) in [5.74, 6) is -0.0978. The molecule has 0 atom stereocenters. The highest BCUT2D eigenvalue weighted by Gasteiger charge is 1.98. The van der Waals surface area contributed by atoms with Gasteiger partial charge in [0.15, 0.2) is 0 Å². The summed E-state index contributed by atoms with van der Waals surface area (Å²) in [4.78, 5) is 10.5. The molecule has 1 aromatic carbocycles. The molecule has 0 radical (unpaired) electrons. The predicted molar refractivity (Wildman–Crippen MR) is 62.9 cm³/mol. The van der Waals surface area contributed by atoms with Gasteiger partial charge in [0.2, 0.25) is 0 Å². The number of carboxylic acids is 1. The molecule has 0 fully saturated rings. The largest absolute Gasteiger partial charge is 0.497 e. The van der Waals surface area contributed by atoms with Gasteiger partial charge in [-0.2, -0.15) is 0 Å². The van der Waals surface area contributed by atoms with Crippen molar-refractivity contribution in [1.29, 1.82) is 0 Å². The zero-order chi connectivity index (χ0) is 12.0. The summed E-state index contributed by atoms with van der Waals surface area (Å²) in [5, 5.41) is 11.7. The zero-order valence-corrected chi connectivity index (χ0v) is 9.36. The van der Waals surface area contributed by atoms with Crippen molar-refractivity contribution in [3.8, 4) is 5.75 Å². The van der Waals surface area contributed by atoms with Crippen LogP contribution in [0.3, 0.4) is 0 Å². The van der Waals surface area contributed by atoms with Crippen LogP contribution in [0, 0.1) is 0 Å². The van der Waals surface area contributed by atoms with E-state index < -0.39 is 5.97 Å². The molecular formula is C12H15NO3. The molecule has 0 heterocycles. The van der Waals surface area contributed by atoms with E-state index in [1.165, 1.54) is 0 Å². The number of benzene rings is 1. The Balaban J connectivity index is 2.49. The first kappa shape index (κ1) is 12.1. The zero-order valence-electron chi connectivity index (χ0n) is 9.36. The van der Waals surface area contributed by atoms with E-state index in [-0.39, 0.29) is 0 Å². The average molecular weight is 221 g/mol. The molecule has 0 aliphatic rings. The van der Waals surface area contributed by atoms with Crippen LogP contribution < -0.4 is 10.1 Å². The first-order chi connectivity index (χ1) is 7.63. The van der Waals surface area contributed by atoms with Crippen molar-refractivity contribution in [3.05, 3.63) is 35.9 Å². The van der Waals surface area contributed by atoms with Crippen molar-refractivity contribution < 1.29 is 14.6 Å². The van der Waals surface area contributed by atoms with Crippen LogP contribution in [0.15, 0.2) is 35.9 Å². The first-order valence-corrected chi connectivity index (χ1v) is 4.91. The van der Waals surface area contributed by atoms with Crippen LogP contribution in [-0.2, 0) is 4.79 Å². The summed E-state index contributed by atoms with van der Waals surface area (Å²) in [6.45, 7) is 2.06. The second-order valence-electron chi connectivity index (χ2n) is 3.30. The van der Waals surface area contributed by atoms with E-state index in [4.69, 9.17) is 9.84 Å². The lowest BCUT2D eigenvalue weighted by atomic mass is 10.2. The fourth-order valence-electron chi connectivity index (χ4n) is 1.12. The number of hydrogen-bond donors (Lipinski definition) is 2. The third kappa shape index (κ3) is 3.65. The Labute approximate surface area is 94.6 Å². The van der Waals surface area contributed by atoms with Gasteiger partial charge < -0.3 is 15.2 Å². The first-order valence-electron chi connectivity index (χ1n) is 4.91. The maximum absolute atomic E-state index is 10.5. The molecule has 4 nitrogen and oxygen atoms in total. The van der Waals surface area contributed by atoms with Crippen LogP contribution in [0.4, 0.5) is 5.69 Å².